The SMILES string of the molecule is CCC(C)Cc1cc2c(CN(C)C)c(O)ccc2nc1/C(C)=C/C1=C(C(C)=O)COC(=O)C1O. The number of hydrogen-bond acceptors (Lipinski definition) is 7. The number of Topliss-reactive ketones (excluding diaryl/α,β-unsaturated/α-hetero) is 1. The number of aromatic hydroxyl groups is 1. The maximum atomic E-state index is 12.1. The Labute approximate surface area is 200 Å². The summed E-state index contributed by atoms with van der Waals surface area (Å²) in [5.41, 5.74) is 4.61. The van der Waals surface area contributed by atoms with E-state index in [1.54, 1.807) is 18.2 Å². The van der Waals surface area contributed by atoms with Crippen LogP contribution in [0, 0.1) is 5.92 Å². The smallest absolute Gasteiger partial charge is 0.340 e. The van der Waals surface area contributed by atoms with Crippen LogP contribution in [-0.2, 0) is 27.3 Å². The summed E-state index contributed by atoms with van der Waals surface area (Å²) in [6.45, 7) is 8.00. The van der Waals surface area contributed by atoms with E-state index >= 15 is 0 Å². The second kappa shape index (κ2) is 10.5. The molecule has 1 aromatic heterocycles. The number of aromatic nitrogens is 1. The molecular weight excluding hydrogens is 432 g/mol. The molecule has 0 saturated heterocycles. The Morgan fingerprint density at radius 2 is 2.03 bits per heavy atom. The van der Waals surface area contributed by atoms with Crippen molar-refractivity contribution >= 4 is 28.2 Å². The lowest BCUT2D eigenvalue weighted by Crippen LogP contribution is -2.33. The van der Waals surface area contributed by atoms with E-state index in [4.69, 9.17) is 9.72 Å². The predicted molar refractivity (Wildman–Crippen MR) is 132 cm³/mol. The average molecular weight is 467 g/mol. The summed E-state index contributed by atoms with van der Waals surface area (Å²) < 4.78 is 4.95. The summed E-state index contributed by atoms with van der Waals surface area (Å²) in [4.78, 5) is 31.1. The number of fused-ring (bicyclic) bond motifs is 1. The molecule has 1 aliphatic rings. The van der Waals surface area contributed by atoms with Gasteiger partial charge in [0.2, 0.25) is 0 Å². The van der Waals surface area contributed by atoms with E-state index in [-0.39, 0.29) is 29.3 Å². The number of nitrogens with zero attached hydrogens (tertiary/aromatic N) is 2. The molecule has 2 aromatic rings. The Kier molecular flexibility index (Phi) is 7.89. The van der Waals surface area contributed by atoms with E-state index < -0.39 is 12.1 Å². The van der Waals surface area contributed by atoms with Crippen molar-refractivity contribution in [1.82, 2.24) is 9.88 Å². The minimum absolute atomic E-state index is 0.150. The zero-order valence-corrected chi connectivity index (χ0v) is 20.8. The van der Waals surface area contributed by atoms with Crippen LogP contribution in [0.4, 0.5) is 0 Å². The number of phenols is 1. The Bertz CT molecular complexity index is 1180. The number of aliphatic hydroxyl groups excluding tert-OH is 1. The number of allylic oxidation sites excluding steroid dienone is 1. The van der Waals surface area contributed by atoms with Crippen molar-refractivity contribution in [3.05, 3.63) is 52.2 Å². The van der Waals surface area contributed by atoms with Crippen LogP contribution >= 0.6 is 0 Å². The van der Waals surface area contributed by atoms with E-state index in [0.29, 0.717) is 12.5 Å². The maximum Gasteiger partial charge on any atom is 0.340 e. The number of esters is 1. The highest BCUT2D eigenvalue weighted by Crippen LogP contribution is 2.33. The van der Waals surface area contributed by atoms with Crippen molar-refractivity contribution in [1.29, 1.82) is 0 Å². The summed E-state index contributed by atoms with van der Waals surface area (Å²) in [7, 11) is 3.90. The van der Waals surface area contributed by atoms with Crippen LogP contribution in [0.3, 0.4) is 0 Å². The lowest BCUT2D eigenvalue weighted by molar-refractivity contribution is -0.152. The zero-order valence-electron chi connectivity index (χ0n) is 20.8. The first kappa shape index (κ1) is 25.6. The van der Waals surface area contributed by atoms with E-state index in [9.17, 15) is 19.8 Å². The summed E-state index contributed by atoms with van der Waals surface area (Å²) in [5.74, 6) is -0.375. The first-order valence-electron chi connectivity index (χ1n) is 11.6. The molecular formula is C27H34N2O5. The lowest BCUT2D eigenvalue weighted by Gasteiger charge is -2.22. The molecule has 182 valence electrons. The van der Waals surface area contributed by atoms with Gasteiger partial charge in [-0.2, -0.15) is 0 Å². The fraction of sp³-hybridized carbons (Fsp3) is 0.444. The third-order valence-corrected chi connectivity index (χ3v) is 6.30. The molecule has 0 saturated carbocycles. The summed E-state index contributed by atoms with van der Waals surface area (Å²) in [6.07, 6.45) is 1.94. The molecule has 2 N–H and O–H groups in total. The number of aliphatic hydroxyl groups is 1. The fourth-order valence-corrected chi connectivity index (χ4v) is 4.20. The van der Waals surface area contributed by atoms with E-state index in [1.165, 1.54) is 6.92 Å². The van der Waals surface area contributed by atoms with Gasteiger partial charge in [-0.1, -0.05) is 26.3 Å². The summed E-state index contributed by atoms with van der Waals surface area (Å²) in [6, 6.07) is 5.54. The fourth-order valence-electron chi connectivity index (χ4n) is 4.20. The molecule has 34 heavy (non-hydrogen) atoms. The Balaban J connectivity index is 2.23. The van der Waals surface area contributed by atoms with Crippen molar-refractivity contribution in [2.75, 3.05) is 20.7 Å². The Morgan fingerprint density at radius 3 is 2.65 bits per heavy atom. The van der Waals surface area contributed by atoms with Crippen molar-refractivity contribution in [3.63, 3.8) is 0 Å². The molecule has 2 heterocycles. The van der Waals surface area contributed by atoms with Crippen LogP contribution in [0.2, 0.25) is 0 Å². The third kappa shape index (κ3) is 5.37. The first-order chi connectivity index (χ1) is 16.0. The van der Waals surface area contributed by atoms with Gasteiger partial charge in [0.05, 0.1) is 11.2 Å². The van der Waals surface area contributed by atoms with Gasteiger partial charge in [-0.15, -0.1) is 0 Å². The second-order valence-electron chi connectivity index (χ2n) is 9.41. The molecule has 1 aliphatic heterocycles. The van der Waals surface area contributed by atoms with Crippen LogP contribution < -0.4 is 0 Å². The third-order valence-electron chi connectivity index (χ3n) is 6.30. The largest absolute Gasteiger partial charge is 0.508 e. The van der Waals surface area contributed by atoms with Gasteiger partial charge in [0.25, 0.3) is 0 Å². The quantitative estimate of drug-likeness (QED) is 0.571. The van der Waals surface area contributed by atoms with Gasteiger partial charge in [0.15, 0.2) is 11.9 Å². The van der Waals surface area contributed by atoms with Crippen molar-refractivity contribution in [3.8, 4) is 5.75 Å². The van der Waals surface area contributed by atoms with E-state index in [2.05, 4.69) is 19.9 Å². The number of pyridine rings is 1. The number of carbonyl (C=O) groups is 2. The monoisotopic (exact) mass is 466 g/mol. The zero-order chi connectivity index (χ0) is 25.2. The maximum absolute atomic E-state index is 12.1. The van der Waals surface area contributed by atoms with Crippen molar-refractivity contribution < 1.29 is 24.5 Å². The Morgan fingerprint density at radius 1 is 1.32 bits per heavy atom. The summed E-state index contributed by atoms with van der Waals surface area (Å²) in [5, 5.41) is 21.9. The number of rotatable bonds is 8. The minimum Gasteiger partial charge on any atom is -0.508 e. The molecule has 2 unspecified atom stereocenters. The van der Waals surface area contributed by atoms with Gasteiger partial charge in [-0.05, 0) is 69.6 Å². The topological polar surface area (TPSA) is 100.0 Å². The number of phenolic OH excluding ortho intramolecular Hbond substituents is 1. The molecule has 0 amide bonds. The van der Waals surface area contributed by atoms with Gasteiger partial charge in [0, 0.05) is 28.6 Å². The van der Waals surface area contributed by atoms with Crippen LogP contribution in [0.5, 0.6) is 5.75 Å². The van der Waals surface area contributed by atoms with Crippen LogP contribution in [0.25, 0.3) is 16.5 Å². The van der Waals surface area contributed by atoms with Crippen LogP contribution in [-0.4, -0.2) is 58.7 Å². The molecule has 1 aromatic carbocycles. The number of cyclic esters (lactones) is 1. The van der Waals surface area contributed by atoms with E-state index in [0.717, 1.165) is 46.1 Å². The van der Waals surface area contributed by atoms with Crippen molar-refractivity contribution in [2.24, 2.45) is 5.92 Å². The molecule has 0 aliphatic carbocycles. The highest BCUT2D eigenvalue weighted by Gasteiger charge is 2.31. The van der Waals surface area contributed by atoms with Gasteiger partial charge >= 0.3 is 5.97 Å². The normalized spacial score (nSPS) is 17.9. The molecule has 0 spiro atoms. The van der Waals surface area contributed by atoms with Gasteiger partial charge < -0.3 is 19.8 Å². The van der Waals surface area contributed by atoms with E-state index in [1.807, 2.05) is 25.9 Å². The van der Waals surface area contributed by atoms with Gasteiger partial charge in [-0.25, -0.2) is 9.78 Å². The molecule has 2 atom stereocenters. The molecule has 3 rings (SSSR count). The number of benzene rings is 1. The highest BCUT2D eigenvalue weighted by molar-refractivity contribution is 5.99. The summed E-state index contributed by atoms with van der Waals surface area (Å²) >= 11 is 0. The number of hydrogen-bond donors (Lipinski definition) is 2. The number of ether oxygens (including phenoxy) is 1. The van der Waals surface area contributed by atoms with Gasteiger partial charge in [-0.3, -0.25) is 4.79 Å². The number of ketones is 1. The molecule has 0 bridgehead atoms. The van der Waals surface area contributed by atoms with Crippen molar-refractivity contribution in [2.45, 2.75) is 53.2 Å². The minimum atomic E-state index is -1.51. The van der Waals surface area contributed by atoms with Gasteiger partial charge in [0.1, 0.15) is 12.4 Å². The molecule has 0 radical (unpaired) electrons. The highest BCUT2D eigenvalue weighted by atomic mass is 16.5. The molecule has 0 fully saturated rings. The first-order valence-corrected chi connectivity index (χ1v) is 11.6. The van der Waals surface area contributed by atoms with Crippen LogP contribution in [0.1, 0.15) is 50.9 Å². The van der Waals surface area contributed by atoms with Crippen LogP contribution in [0.15, 0.2) is 35.4 Å². The molecule has 7 heteroatoms. The predicted octanol–water partition coefficient (Wildman–Crippen LogP) is 3.80. The molecule has 7 nitrogen and oxygen atoms in total. The Hall–Kier alpha value is -3.03. The standard InChI is InChI=1S/C27H34N2O5/c1-7-15(2)10-18-12-19-21(13-29(5)6)24(31)9-8-23(19)28-25(18)16(3)11-20-22(17(4)30)14-34-27(33)26(20)32/h8-9,11-12,15,26,31-32H,7,10,13-14H2,1-6H3/b16-11+. The number of carbonyl (C=O) groups excluding carboxylic acids is 2. The second-order valence-corrected chi connectivity index (χ2v) is 9.41. The lowest BCUT2D eigenvalue weighted by atomic mass is 9.91. The average Bonchev–Trinajstić information content (AvgIpc) is 2.78.